The third kappa shape index (κ3) is 5.37. The second-order valence-electron chi connectivity index (χ2n) is 5.45. The summed E-state index contributed by atoms with van der Waals surface area (Å²) in [6, 6.07) is 8.01. The smallest absolute Gasteiger partial charge is 0.257 e. The van der Waals surface area contributed by atoms with Crippen LogP contribution in [0.2, 0.25) is 0 Å². The van der Waals surface area contributed by atoms with E-state index in [-0.39, 0.29) is 12.5 Å². The van der Waals surface area contributed by atoms with Crippen LogP contribution in [0.15, 0.2) is 42.5 Å². The molecule has 2 rings (SSSR count). The monoisotopic (exact) mass is 375 g/mol. The lowest BCUT2D eigenvalue weighted by molar-refractivity contribution is -0.123. The Morgan fingerprint density at radius 1 is 1.11 bits per heavy atom. The molecular formula is C20H19F2NO4. The molecule has 2 aromatic carbocycles. The Balaban J connectivity index is 2.14. The van der Waals surface area contributed by atoms with Crippen molar-refractivity contribution in [3.63, 3.8) is 0 Å². The zero-order valence-electron chi connectivity index (χ0n) is 14.9. The molecule has 0 aliphatic carbocycles. The topological polar surface area (TPSA) is 64.6 Å². The zero-order chi connectivity index (χ0) is 19.8. The van der Waals surface area contributed by atoms with Crippen molar-refractivity contribution in [1.29, 1.82) is 0 Å². The fourth-order valence-corrected chi connectivity index (χ4v) is 2.29. The van der Waals surface area contributed by atoms with E-state index in [0.717, 1.165) is 18.2 Å². The van der Waals surface area contributed by atoms with Crippen LogP contribution in [0, 0.1) is 11.6 Å². The minimum absolute atomic E-state index is 0.162. The molecule has 0 aliphatic rings. The molecule has 0 bridgehead atoms. The molecule has 2 aromatic rings. The highest BCUT2D eigenvalue weighted by molar-refractivity contribution is 6.07. The van der Waals surface area contributed by atoms with Gasteiger partial charge in [-0.15, -0.1) is 0 Å². The van der Waals surface area contributed by atoms with Crippen LogP contribution < -0.4 is 14.8 Å². The number of allylic oxidation sites excluding steroid dienone is 1. The maximum Gasteiger partial charge on any atom is 0.257 e. The quantitative estimate of drug-likeness (QED) is 0.567. The Kier molecular flexibility index (Phi) is 7.05. The van der Waals surface area contributed by atoms with Gasteiger partial charge in [-0.1, -0.05) is 18.2 Å². The number of nitrogens with one attached hydrogen (secondary N) is 1. The number of ether oxygens (including phenoxy) is 2. The first kappa shape index (κ1) is 20.1. The summed E-state index contributed by atoms with van der Waals surface area (Å²) < 4.78 is 37.9. The van der Waals surface area contributed by atoms with Crippen LogP contribution in [0.4, 0.5) is 8.78 Å². The van der Waals surface area contributed by atoms with Crippen LogP contribution in [0.3, 0.4) is 0 Å². The Hall–Kier alpha value is -3.22. The molecule has 0 saturated heterocycles. The predicted molar refractivity (Wildman–Crippen MR) is 96.9 cm³/mol. The highest BCUT2D eigenvalue weighted by atomic mass is 19.1. The van der Waals surface area contributed by atoms with E-state index in [1.807, 2.05) is 0 Å². The molecule has 1 amide bonds. The van der Waals surface area contributed by atoms with Crippen molar-refractivity contribution >= 4 is 17.8 Å². The van der Waals surface area contributed by atoms with Gasteiger partial charge in [0.15, 0.2) is 23.9 Å². The summed E-state index contributed by atoms with van der Waals surface area (Å²) in [6.45, 7) is 2.14. The van der Waals surface area contributed by atoms with Crippen LogP contribution in [-0.2, 0) is 4.79 Å². The first-order valence-corrected chi connectivity index (χ1v) is 8.20. The number of amides is 1. The third-order valence-electron chi connectivity index (χ3n) is 3.56. The molecule has 0 aliphatic heterocycles. The van der Waals surface area contributed by atoms with Crippen molar-refractivity contribution in [3.8, 4) is 11.5 Å². The molecule has 0 radical (unpaired) electrons. The molecule has 0 fully saturated rings. The molecule has 0 atom stereocenters. The summed E-state index contributed by atoms with van der Waals surface area (Å²) in [5.41, 5.74) is -0.0510. The van der Waals surface area contributed by atoms with E-state index < -0.39 is 23.0 Å². The highest BCUT2D eigenvalue weighted by Crippen LogP contribution is 2.28. The molecule has 5 nitrogen and oxygen atoms in total. The summed E-state index contributed by atoms with van der Waals surface area (Å²) >= 11 is 0. The van der Waals surface area contributed by atoms with Gasteiger partial charge >= 0.3 is 0 Å². The van der Waals surface area contributed by atoms with Crippen LogP contribution >= 0.6 is 0 Å². The average molecular weight is 375 g/mol. The lowest BCUT2D eigenvalue weighted by Crippen LogP contribution is -2.28. The van der Waals surface area contributed by atoms with E-state index in [1.165, 1.54) is 19.3 Å². The number of methoxy groups -OCH3 is 1. The number of hydrogen-bond acceptors (Lipinski definition) is 4. The molecule has 7 heteroatoms. The largest absolute Gasteiger partial charge is 0.493 e. The Morgan fingerprint density at radius 2 is 1.81 bits per heavy atom. The van der Waals surface area contributed by atoms with E-state index >= 15 is 0 Å². The number of benzene rings is 2. The van der Waals surface area contributed by atoms with E-state index in [2.05, 4.69) is 5.32 Å². The lowest BCUT2D eigenvalue weighted by Gasteiger charge is -2.11. The molecular weight excluding hydrogens is 356 g/mol. The fourth-order valence-electron chi connectivity index (χ4n) is 2.29. The van der Waals surface area contributed by atoms with Gasteiger partial charge < -0.3 is 14.8 Å². The van der Waals surface area contributed by atoms with Crippen LogP contribution in [0.25, 0.3) is 6.08 Å². The first-order valence-electron chi connectivity index (χ1n) is 8.20. The van der Waals surface area contributed by atoms with Gasteiger partial charge in [-0.05, 0) is 42.8 Å². The summed E-state index contributed by atoms with van der Waals surface area (Å²) in [7, 11) is 1.43. The number of likely N-dealkylation sites (N-methyl/N-ethyl adjacent to an activating group) is 1. The second kappa shape index (κ2) is 9.47. The standard InChI is InChI=1S/C20H19F2NO4/c1-3-23-19(25)12-27-17-10-8-13(11-18(17)26-2)7-9-16(24)20-14(21)5-4-6-15(20)22/h4-11H,3,12H2,1-2H3,(H,23,25)/b9-7+. The Bertz CT molecular complexity index is 845. The number of hydrogen-bond donors (Lipinski definition) is 1. The van der Waals surface area contributed by atoms with E-state index in [0.29, 0.717) is 23.6 Å². The molecule has 0 saturated carbocycles. The number of halogens is 2. The van der Waals surface area contributed by atoms with Gasteiger partial charge in [-0.25, -0.2) is 8.78 Å². The zero-order valence-corrected chi connectivity index (χ0v) is 14.9. The molecule has 1 N–H and O–H groups in total. The Morgan fingerprint density at radius 3 is 2.44 bits per heavy atom. The minimum Gasteiger partial charge on any atom is -0.493 e. The molecule has 0 heterocycles. The molecule has 142 valence electrons. The van der Waals surface area contributed by atoms with Crippen LogP contribution in [-0.4, -0.2) is 32.0 Å². The molecule has 27 heavy (non-hydrogen) atoms. The van der Waals surface area contributed by atoms with E-state index in [9.17, 15) is 18.4 Å². The highest BCUT2D eigenvalue weighted by Gasteiger charge is 2.14. The maximum atomic E-state index is 13.6. The predicted octanol–water partition coefficient (Wildman–Crippen LogP) is 3.38. The first-order chi connectivity index (χ1) is 13.0. The number of carbonyl (C=O) groups excluding carboxylic acids is 2. The Labute approximate surface area is 155 Å². The van der Waals surface area contributed by atoms with Crippen molar-refractivity contribution in [1.82, 2.24) is 5.32 Å². The summed E-state index contributed by atoms with van der Waals surface area (Å²) in [5.74, 6) is -2.19. The summed E-state index contributed by atoms with van der Waals surface area (Å²) in [5, 5.41) is 2.61. The normalized spacial score (nSPS) is 10.7. The van der Waals surface area contributed by atoms with Gasteiger partial charge in [-0.2, -0.15) is 0 Å². The fraction of sp³-hybridized carbons (Fsp3) is 0.200. The van der Waals surface area contributed by atoms with Gasteiger partial charge in [0.2, 0.25) is 0 Å². The number of ketones is 1. The van der Waals surface area contributed by atoms with Crippen molar-refractivity contribution in [2.75, 3.05) is 20.3 Å². The van der Waals surface area contributed by atoms with Crippen molar-refractivity contribution < 1.29 is 27.8 Å². The summed E-state index contributed by atoms with van der Waals surface area (Å²) in [6.07, 6.45) is 2.48. The van der Waals surface area contributed by atoms with E-state index in [4.69, 9.17) is 9.47 Å². The van der Waals surface area contributed by atoms with Gasteiger partial charge in [0, 0.05) is 6.54 Å². The van der Waals surface area contributed by atoms with Gasteiger partial charge in [0.25, 0.3) is 5.91 Å². The molecule has 0 aromatic heterocycles. The van der Waals surface area contributed by atoms with Crippen LogP contribution in [0.5, 0.6) is 11.5 Å². The maximum absolute atomic E-state index is 13.6. The van der Waals surface area contributed by atoms with Crippen molar-refractivity contribution in [3.05, 3.63) is 65.2 Å². The number of rotatable bonds is 8. The molecule has 0 spiro atoms. The van der Waals surface area contributed by atoms with Crippen molar-refractivity contribution in [2.45, 2.75) is 6.92 Å². The van der Waals surface area contributed by atoms with Crippen molar-refractivity contribution in [2.24, 2.45) is 0 Å². The van der Waals surface area contributed by atoms with Gasteiger partial charge in [-0.3, -0.25) is 9.59 Å². The second-order valence-corrected chi connectivity index (χ2v) is 5.45. The lowest BCUT2D eigenvalue weighted by atomic mass is 10.1. The van der Waals surface area contributed by atoms with Gasteiger partial charge in [0.05, 0.1) is 12.7 Å². The summed E-state index contributed by atoms with van der Waals surface area (Å²) in [4.78, 5) is 23.5. The van der Waals surface area contributed by atoms with Crippen LogP contribution in [0.1, 0.15) is 22.8 Å². The van der Waals surface area contributed by atoms with Gasteiger partial charge in [0.1, 0.15) is 11.6 Å². The average Bonchev–Trinajstić information content (AvgIpc) is 2.65. The third-order valence-corrected chi connectivity index (χ3v) is 3.56. The minimum atomic E-state index is -0.920. The van der Waals surface area contributed by atoms with E-state index in [1.54, 1.807) is 25.1 Å². The SMILES string of the molecule is CCNC(=O)COc1ccc(/C=C/C(=O)c2c(F)cccc2F)cc1OC. The number of carbonyl (C=O) groups is 2. The molecule has 0 unspecified atom stereocenters.